The zero-order chi connectivity index (χ0) is 11.1. The van der Waals surface area contributed by atoms with Crippen LogP contribution in [0, 0.1) is 5.92 Å². The van der Waals surface area contributed by atoms with Gasteiger partial charge in [0.25, 0.3) is 0 Å². The van der Waals surface area contributed by atoms with Crippen LogP contribution in [0.2, 0.25) is 0 Å². The van der Waals surface area contributed by atoms with Gasteiger partial charge < -0.3 is 15.4 Å². The third-order valence-corrected chi connectivity index (χ3v) is 2.52. The highest BCUT2D eigenvalue weighted by Gasteiger charge is 2.19. The smallest absolute Gasteiger partial charge is 0.224 e. The zero-order valence-corrected chi connectivity index (χ0v) is 10.9. The molecule has 1 atom stereocenters. The Morgan fingerprint density at radius 3 is 2.88 bits per heavy atom. The molecule has 96 valence electrons. The Labute approximate surface area is 104 Å². The molecule has 0 spiro atoms. The van der Waals surface area contributed by atoms with E-state index in [2.05, 4.69) is 10.6 Å². The van der Waals surface area contributed by atoms with Gasteiger partial charge in [-0.05, 0) is 33.2 Å². The Morgan fingerprint density at radius 1 is 1.56 bits per heavy atom. The van der Waals surface area contributed by atoms with E-state index < -0.39 is 0 Å². The predicted octanol–water partition coefficient (Wildman–Crippen LogP) is 0.949. The summed E-state index contributed by atoms with van der Waals surface area (Å²) in [5.41, 5.74) is 0. The molecule has 2 N–H and O–H groups in total. The normalized spacial score (nSPS) is 20.3. The lowest BCUT2D eigenvalue weighted by molar-refractivity contribution is -0.125. The lowest BCUT2D eigenvalue weighted by Crippen LogP contribution is -2.41. The first kappa shape index (κ1) is 15.7. The fourth-order valence-corrected chi connectivity index (χ4v) is 1.69. The van der Waals surface area contributed by atoms with Crippen LogP contribution in [0.4, 0.5) is 0 Å². The van der Waals surface area contributed by atoms with Crippen LogP contribution < -0.4 is 10.6 Å². The number of halogens is 1. The van der Waals surface area contributed by atoms with Gasteiger partial charge in [0.15, 0.2) is 0 Å². The molecule has 1 saturated heterocycles. The van der Waals surface area contributed by atoms with Crippen molar-refractivity contribution >= 4 is 18.3 Å². The molecule has 1 aliphatic rings. The third-order valence-electron chi connectivity index (χ3n) is 2.52. The van der Waals surface area contributed by atoms with Crippen molar-refractivity contribution in [1.82, 2.24) is 10.6 Å². The van der Waals surface area contributed by atoms with Crippen LogP contribution in [0.1, 0.15) is 26.7 Å². The number of carbonyl (C=O) groups is 1. The monoisotopic (exact) mass is 250 g/mol. The Kier molecular flexibility index (Phi) is 8.61. The Morgan fingerprint density at radius 2 is 2.31 bits per heavy atom. The van der Waals surface area contributed by atoms with Gasteiger partial charge in [-0.3, -0.25) is 4.79 Å². The van der Waals surface area contributed by atoms with E-state index in [1.807, 2.05) is 13.8 Å². The second kappa shape index (κ2) is 8.79. The van der Waals surface area contributed by atoms with Gasteiger partial charge in [0, 0.05) is 13.1 Å². The number of rotatable bonds is 5. The van der Waals surface area contributed by atoms with Crippen LogP contribution >= 0.6 is 12.4 Å². The highest BCUT2D eigenvalue weighted by Crippen LogP contribution is 2.09. The van der Waals surface area contributed by atoms with Gasteiger partial charge in [0.1, 0.15) is 0 Å². The molecule has 0 saturated carbocycles. The standard InChI is InChI=1S/C11H22N2O2.ClH/c1-9(2)15-7-6-13-11(14)10-4-3-5-12-8-10;/h9-10,12H,3-8H2,1-2H3,(H,13,14);1H/t10-;/m1./s1. The first-order chi connectivity index (χ1) is 7.20. The molecule has 0 bridgehead atoms. The topological polar surface area (TPSA) is 50.4 Å². The van der Waals surface area contributed by atoms with Crippen molar-refractivity contribution in [3.63, 3.8) is 0 Å². The van der Waals surface area contributed by atoms with Gasteiger partial charge in [-0.1, -0.05) is 0 Å². The molecule has 1 fully saturated rings. The fraction of sp³-hybridized carbons (Fsp3) is 0.909. The maximum Gasteiger partial charge on any atom is 0.224 e. The van der Waals surface area contributed by atoms with Gasteiger partial charge in [-0.15, -0.1) is 12.4 Å². The first-order valence-electron chi connectivity index (χ1n) is 5.80. The Bertz CT molecular complexity index is 194. The number of amides is 1. The highest BCUT2D eigenvalue weighted by molar-refractivity contribution is 5.85. The minimum absolute atomic E-state index is 0. The fourth-order valence-electron chi connectivity index (χ4n) is 1.69. The molecule has 0 aromatic rings. The quantitative estimate of drug-likeness (QED) is 0.715. The van der Waals surface area contributed by atoms with Crippen molar-refractivity contribution in [2.24, 2.45) is 5.92 Å². The molecular formula is C11H23ClN2O2. The second-order valence-electron chi connectivity index (χ2n) is 4.25. The summed E-state index contributed by atoms with van der Waals surface area (Å²) in [5, 5.41) is 6.14. The minimum Gasteiger partial charge on any atom is -0.377 e. The molecule has 1 heterocycles. The molecule has 0 radical (unpaired) electrons. The number of hydrogen-bond acceptors (Lipinski definition) is 3. The number of ether oxygens (including phenoxy) is 1. The molecular weight excluding hydrogens is 228 g/mol. The molecule has 16 heavy (non-hydrogen) atoms. The van der Waals surface area contributed by atoms with Crippen LogP contribution in [-0.4, -0.2) is 38.3 Å². The zero-order valence-electron chi connectivity index (χ0n) is 10.1. The molecule has 1 aliphatic heterocycles. The summed E-state index contributed by atoms with van der Waals surface area (Å²) < 4.78 is 5.35. The van der Waals surface area contributed by atoms with E-state index in [0.717, 1.165) is 25.9 Å². The molecule has 1 rings (SSSR count). The van der Waals surface area contributed by atoms with Gasteiger partial charge in [0.2, 0.25) is 5.91 Å². The van der Waals surface area contributed by atoms with Gasteiger partial charge in [-0.2, -0.15) is 0 Å². The van der Waals surface area contributed by atoms with Crippen LogP contribution in [-0.2, 0) is 9.53 Å². The SMILES string of the molecule is CC(C)OCCNC(=O)[C@@H]1CCCNC1.Cl. The largest absolute Gasteiger partial charge is 0.377 e. The maximum atomic E-state index is 11.6. The molecule has 1 amide bonds. The van der Waals surface area contributed by atoms with Gasteiger partial charge in [0.05, 0.1) is 18.6 Å². The predicted molar refractivity (Wildman–Crippen MR) is 66.9 cm³/mol. The van der Waals surface area contributed by atoms with Crippen molar-refractivity contribution in [1.29, 1.82) is 0 Å². The molecule has 4 nitrogen and oxygen atoms in total. The molecule has 0 aromatic heterocycles. The van der Waals surface area contributed by atoms with E-state index in [1.165, 1.54) is 0 Å². The highest BCUT2D eigenvalue weighted by atomic mass is 35.5. The Balaban J connectivity index is 0.00000225. The van der Waals surface area contributed by atoms with Gasteiger partial charge >= 0.3 is 0 Å². The van der Waals surface area contributed by atoms with Crippen molar-refractivity contribution < 1.29 is 9.53 Å². The van der Waals surface area contributed by atoms with Gasteiger partial charge in [-0.25, -0.2) is 0 Å². The summed E-state index contributed by atoms with van der Waals surface area (Å²) in [6, 6.07) is 0. The number of piperidine rings is 1. The lowest BCUT2D eigenvalue weighted by atomic mass is 9.99. The maximum absolute atomic E-state index is 11.6. The van der Waals surface area contributed by atoms with Crippen molar-refractivity contribution in [3.05, 3.63) is 0 Å². The summed E-state index contributed by atoms with van der Waals surface area (Å²) >= 11 is 0. The number of hydrogen-bond donors (Lipinski definition) is 2. The molecule has 0 unspecified atom stereocenters. The summed E-state index contributed by atoms with van der Waals surface area (Å²) in [5.74, 6) is 0.312. The van der Waals surface area contributed by atoms with Crippen LogP contribution in [0.25, 0.3) is 0 Å². The summed E-state index contributed by atoms with van der Waals surface area (Å²) in [6.07, 6.45) is 2.34. The third kappa shape index (κ3) is 6.30. The van der Waals surface area contributed by atoms with E-state index in [9.17, 15) is 4.79 Å². The summed E-state index contributed by atoms with van der Waals surface area (Å²) in [4.78, 5) is 11.6. The van der Waals surface area contributed by atoms with Crippen LogP contribution in [0.15, 0.2) is 0 Å². The summed E-state index contributed by atoms with van der Waals surface area (Å²) in [6.45, 7) is 7.06. The molecule has 5 heteroatoms. The van der Waals surface area contributed by atoms with E-state index in [1.54, 1.807) is 0 Å². The Hall–Kier alpha value is -0.320. The van der Waals surface area contributed by atoms with Crippen LogP contribution in [0.3, 0.4) is 0 Å². The summed E-state index contributed by atoms with van der Waals surface area (Å²) in [7, 11) is 0. The minimum atomic E-state index is 0. The second-order valence-corrected chi connectivity index (χ2v) is 4.25. The lowest BCUT2D eigenvalue weighted by Gasteiger charge is -2.21. The molecule has 0 aromatic carbocycles. The van der Waals surface area contributed by atoms with Crippen molar-refractivity contribution in [3.8, 4) is 0 Å². The first-order valence-corrected chi connectivity index (χ1v) is 5.80. The van der Waals surface area contributed by atoms with Crippen molar-refractivity contribution in [2.75, 3.05) is 26.2 Å². The number of carbonyl (C=O) groups excluding carboxylic acids is 1. The van der Waals surface area contributed by atoms with Crippen molar-refractivity contribution in [2.45, 2.75) is 32.8 Å². The van der Waals surface area contributed by atoms with E-state index in [4.69, 9.17) is 4.74 Å². The van der Waals surface area contributed by atoms with Crippen LogP contribution in [0.5, 0.6) is 0 Å². The van der Waals surface area contributed by atoms with E-state index in [-0.39, 0.29) is 30.3 Å². The molecule has 0 aliphatic carbocycles. The average molecular weight is 251 g/mol. The van der Waals surface area contributed by atoms with E-state index in [0.29, 0.717) is 13.2 Å². The number of nitrogens with one attached hydrogen (secondary N) is 2. The van der Waals surface area contributed by atoms with E-state index >= 15 is 0 Å². The average Bonchev–Trinajstić information content (AvgIpc) is 2.25.